The third-order valence-electron chi connectivity index (χ3n) is 2.12. The summed E-state index contributed by atoms with van der Waals surface area (Å²) < 4.78 is 10.2. The first-order valence-electron chi connectivity index (χ1n) is 4.36. The average molecular weight is 203 g/mol. The number of ether oxygens (including phenoxy) is 1. The number of rotatable bonds is 2. The molecule has 1 aromatic heterocycles. The maximum absolute atomic E-state index is 5.55. The van der Waals surface area contributed by atoms with Crippen LogP contribution in [0.3, 0.4) is 0 Å². The van der Waals surface area contributed by atoms with Crippen LogP contribution in [0.5, 0.6) is 0 Å². The van der Waals surface area contributed by atoms with Gasteiger partial charge in [-0.15, -0.1) is 11.6 Å². The number of halogens is 1. The van der Waals surface area contributed by atoms with Crippen LogP contribution in [-0.2, 0) is 10.6 Å². The van der Waals surface area contributed by atoms with E-state index < -0.39 is 0 Å². The van der Waals surface area contributed by atoms with Gasteiger partial charge in [-0.3, -0.25) is 0 Å². The van der Waals surface area contributed by atoms with Crippen molar-refractivity contribution in [1.82, 2.24) is 10.1 Å². The number of hydrogen-bond acceptors (Lipinski definition) is 4. The Kier molecular flexibility index (Phi) is 2.80. The monoisotopic (exact) mass is 202 g/mol. The summed E-state index contributed by atoms with van der Waals surface area (Å²) in [6.07, 6.45) is 2.14. The predicted molar refractivity (Wildman–Crippen MR) is 46.6 cm³/mol. The molecule has 5 heteroatoms. The van der Waals surface area contributed by atoms with Crippen molar-refractivity contribution in [2.45, 2.75) is 24.6 Å². The van der Waals surface area contributed by atoms with Crippen molar-refractivity contribution in [3.63, 3.8) is 0 Å². The zero-order valence-electron chi connectivity index (χ0n) is 7.20. The van der Waals surface area contributed by atoms with Crippen LogP contribution in [0.4, 0.5) is 0 Å². The van der Waals surface area contributed by atoms with Crippen LogP contribution in [0.2, 0.25) is 0 Å². The molecule has 0 amide bonds. The largest absolute Gasteiger partial charge is 0.381 e. The summed E-state index contributed by atoms with van der Waals surface area (Å²) in [6, 6.07) is 0. The van der Waals surface area contributed by atoms with Crippen molar-refractivity contribution in [2.75, 3.05) is 13.2 Å². The molecule has 13 heavy (non-hydrogen) atoms. The van der Waals surface area contributed by atoms with Gasteiger partial charge in [0.1, 0.15) is 5.88 Å². The van der Waals surface area contributed by atoms with Gasteiger partial charge in [-0.1, -0.05) is 5.16 Å². The molecule has 0 aromatic carbocycles. The number of nitrogens with zero attached hydrogens (tertiary/aromatic N) is 2. The highest BCUT2D eigenvalue weighted by Crippen LogP contribution is 2.22. The van der Waals surface area contributed by atoms with Crippen molar-refractivity contribution in [1.29, 1.82) is 0 Å². The Labute approximate surface area is 81.2 Å². The molecule has 4 nitrogen and oxygen atoms in total. The molecule has 2 heterocycles. The van der Waals surface area contributed by atoms with E-state index in [-0.39, 0.29) is 11.8 Å². The summed E-state index contributed by atoms with van der Waals surface area (Å²) in [5, 5.41) is 3.86. The Bertz CT molecular complexity index is 271. The van der Waals surface area contributed by atoms with Gasteiger partial charge in [0.25, 0.3) is 0 Å². The Morgan fingerprint density at radius 1 is 1.54 bits per heavy atom. The van der Waals surface area contributed by atoms with Gasteiger partial charge in [-0.25, -0.2) is 0 Å². The molecule has 2 rings (SSSR count). The van der Waals surface area contributed by atoms with Crippen LogP contribution in [-0.4, -0.2) is 23.4 Å². The van der Waals surface area contributed by atoms with E-state index in [4.69, 9.17) is 20.9 Å². The summed E-state index contributed by atoms with van der Waals surface area (Å²) >= 11 is 5.55. The molecule has 0 N–H and O–H groups in total. The van der Waals surface area contributed by atoms with Crippen LogP contribution >= 0.6 is 11.6 Å². The summed E-state index contributed by atoms with van der Waals surface area (Å²) in [5.74, 6) is 1.78. The first-order chi connectivity index (χ1) is 6.40. The van der Waals surface area contributed by atoms with E-state index in [9.17, 15) is 0 Å². The van der Waals surface area contributed by atoms with Gasteiger partial charge in [0.15, 0.2) is 5.82 Å². The van der Waals surface area contributed by atoms with Crippen molar-refractivity contribution < 1.29 is 9.26 Å². The van der Waals surface area contributed by atoms with E-state index in [2.05, 4.69) is 10.1 Å². The molecule has 72 valence electrons. The zero-order chi connectivity index (χ0) is 9.10. The lowest BCUT2D eigenvalue weighted by molar-refractivity contribution is 0.0773. The van der Waals surface area contributed by atoms with Gasteiger partial charge >= 0.3 is 0 Å². The highest BCUT2D eigenvalue weighted by atomic mass is 35.5. The van der Waals surface area contributed by atoms with Crippen LogP contribution in [0.15, 0.2) is 4.52 Å². The normalized spacial score (nSPS) is 23.3. The summed E-state index contributed by atoms with van der Waals surface area (Å²) in [6.45, 7) is 1.54. The fourth-order valence-electron chi connectivity index (χ4n) is 1.43. The van der Waals surface area contributed by atoms with Crippen LogP contribution in [0.25, 0.3) is 0 Å². The molecule has 0 radical (unpaired) electrons. The number of alkyl halides is 1. The van der Waals surface area contributed by atoms with E-state index in [0.717, 1.165) is 25.3 Å². The maximum Gasteiger partial charge on any atom is 0.241 e. The third-order valence-corrected chi connectivity index (χ3v) is 2.35. The Balaban J connectivity index is 2.05. The van der Waals surface area contributed by atoms with Crippen molar-refractivity contribution in [3.8, 4) is 0 Å². The highest BCUT2D eigenvalue weighted by molar-refractivity contribution is 6.16. The minimum Gasteiger partial charge on any atom is -0.381 e. The average Bonchev–Trinajstić information content (AvgIpc) is 2.67. The van der Waals surface area contributed by atoms with Crippen molar-refractivity contribution >= 4 is 11.6 Å². The quantitative estimate of drug-likeness (QED) is 0.685. The molecule has 0 bridgehead atoms. The minimum atomic E-state index is 0.278. The van der Waals surface area contributed by atoms with E-state index in [1.807, 2.05) is 0 Å². The molecular formula is C8H11ClN2O2. The summed E-state index contributed by atoms with van der Waals surface area (Å²) in [7, 11) is 0. The smallest absolute Gasteiger partial charge is 0.241 e. The first kappa shape index (κ1) is 8.97. The molecule has 1 saturated heterocycles. The van der Waals surface area contributed by atoms with Gasteiger partial charge in [-0.2, -0.15) is 4.98 Å². The van der Waals surface area contributed by atoms with E-state index in [0.29, 0.717) is 12.5 Å². The van der Waals surface area contributed by atoms with Gasteiger partial charge in [0.05, 0.1) is 6.61 Å². The van der Waals surface area contributed by atoms with Crippen molar-refractivity contribution in [3.05, 3.63) is 11.7 Å². The molecule has 0 spiro atoms. The van der Waals surface area contributed by atoms with E-state index in [1.165, 1.54) is 0 Å². The molecule has 0 saturated carbocycles. The minimum absolute atomic E-state index is 0.278. The molecule has 0 unspecified atom stereocenters. The fraction of sp³-hybridized carbons (Fsp3) is 0.750. The van der Waals surface area contributed by atoms with Gasteiger partial charge in [-0.05, 0) is 12.8 Å². The molecule has 1 atom stereocenters. The predicted octanol–water partition coefficient (Wildman–Crippen LogP) is 1.70. The standard InChI is InChI=1S/C8H11ClN2O2/c9-4-7-10-8(11-13-7)6-2-1-3-12-5-6/h6H,1-5H2/t6-/m1/s1. The zero-order valence-corrected chi connectivity index (χ0v) is 7.96. The Morgan fingerprint density at radius 3 is 3.08 bits per heavy atom. The van der Waals surface area contributed by atoms with E-state index in [1.54, 1.807) is 0 Å². The molecule has 1 aliphatic rings. The van der Waals surface area contributed by atoms with Crippen LogP contribution in [0, 0.1) is 0 Å². The molecular weight excluding hydrogens is 192 g/mol. The summed E-state index contributed by atoms with van der Waals surface area (Å²) in [5.41, 5.74) is 0. The fourth-order valence-corrected chi connectivity index (χ4v) is 1.54. The number of hydrogen-bond donors (Lipinski definition) is 0. The topological polar surface area (TPSA) is 48.2 Å². The van der Waals surface area contributed by atoms with Gasteiger partial charge in [0.2, 0.25) is 5.89 Å². The molecule has 1 fully saturated rings. The lowest BCUT2D eigenvalue weighted by atomic mass is 10.0. The van der Waals surface area contributed by atoms with Gasteiger partial charge in [0, 0.05) is 12.5 Å². The van der Waals surface area contributed by atoms with Crippen LogP contribution in [0.1, 0.15) is 30.5 Å². The highest BCUT2D eigenvalue weighted by Gasteiger charge is 2.21. The van der Waals surface area contributed by atoms with Crippen molar-refractivity contribution in [2.24, 2.45) is 0 Å². The Morgan fingerprint density at radius 2 is 2.46 bits per heavy atom. The lowest BCUT2D eigenvalue weighted by Gasteiger charge is -2.18. The maximum atomic E-state index is 5.55. The molecule has 1 aromatic rings. The molecule has 1 aliphatic heterocycles. The summed E-state index contributed by atoms with van der Waals surface area (Å²) in [4.78, 5) is 4.16. The van der Waals surface area contributed by atoms with Crippen LogP contribution < -0.4 is 0 Å². The second-order valence-corrected chi connectivity index (χ2v) is 3.36. The van der Waals surface area contributed by atoms with Gasteiger partial charge < -0.3 is 9.26 Å². The second kappa shape index (κ2) is 4.07. The number of aromatic nitrogens is 2. The Hall–Kier alpha value is -0.610. The first-order valence-corrected chi connectivity index (χ1v) is 4.90. The third kappa shape index (κ3) is 2.00. The second-order valence-electron chi connectivity index (χ2n) is 3.09. The SMILES string of the molecule is ClCc1nc([C@@H]2CCCOC2)no1. The lowest BCUT2D eigenvalue weighted by Crippen LogP contribution is -2.16. The molecule has 0 aliphatic carbocycles. The van der Waals surface area contributed by atoms with E-state index >= 15 is 0 Å².